The van der Waals surface area contributed by atoms with Gasteiger partial charge in [-0.05, 0) is 13.8 Å². The van der Waals surface area contributed by atoms with Gasteiger partial charge in [0.2, 0.25) is 10.0 Å². The number of benzene rings is 1. The number of nitrogens with zero attached hydrogens (tertiary/aromatic N) is 3. The molecular weight excluding hydrogens is 298 g/mol. The topological polar surface area (TPSA) is 55.2 Å². The van der Waals surface area contributed by atoms with Gasteiger partial charge in [-0.25, -0.2) is 8.42 Å². The van der Waals surface area contributed by atoms with Crippen molar-refractivity contribution in [2.24, 2.45) is 0 Å². The third kappa shape index (κ3) is 3.08. The van der Waals surface area contributed by atoms with Crippen LogP contribution in [0.4, 0.5) is 0 Å². The molecule has 2 aromatic rings. The van der Waals surface area contributed by atoms with E-state index in [-0.39, 0.29) is 10.9 Å². The van der Waals surface area contributed by atoms with Crippen LogP contribution in [0.1, 0.15) is 33.7 Å². The van der Waals surface area contributed by atoms with E-state index in [0.29, 0.717) is 18.8 Å². The second-order valence-electron chi connectivity index (χ2n) is 5.37. The van der Waals surface area contributed by atoms with Crippen molar-refractivity contribution in [1.29, 1.82) is 0 Å². The molecule has 0 saturated carbocycles. The molecule has 0 saturated heterocycles. The molecule has 0 atom stereocenters. The number of hydrogen-bond acceptors (Lipinski definition) is 3. The Labute approximate surface area is 132 Å². The largest absolute Gasteiger partial charge is 0.268 e. The SMILES string of the molecule is CCN(CC)S(=O)(=O)c1cn(C(C)C)nc1-c1ccccc1. The molecule has 0 unspecified atom stereocenters. The number of sulfonamides is 1. The summed E-state index contributed by atoms with van der Waals surface area (Å²) in [5.74, 6) is 0. The Hall–Kier alpha value is -1.66. The van der Waals surface area contributed by atoms with Crippen LogP contribution < -0.4 is 0 Å². The van der Waals surface area contributed by atoms with Crippen LogP contribution in [0.3, 0.4) is 0 Å². The van der Waals surface area contributed by atoms with E-state index in [1.54, 1.807) is 10.9 Å². The van der Waals surface area contributed by atoms with Crippen LogP contribution in [-0.4, -0.2) is 35.6 Å². The van der Waals surface area contributed by atoms with Crippen LogP contribution in [-0.2, 0) is 10.0 Å². The summed E-state index contributed by atoms with van der Waals surface area (Å²) in [7, 11) is -3.54. The van der Waals surface area contributed by atoms with Crippen molar-refractivity contribution in [2.45, 2.75) is 38.6 Å². The average molecular weight is 321 g/mol. The molecule has 0 bridgehead atoms. The van der Waals surface area contributed by atoms with Crippen LogP contribution in [0.5, 0.6) is 0 Å². The zero-order valence-electron chi connectivity index (χ0n) is 13.5. The van der Waals surface area contributed by atoms with Crippen LogP contribution in [0.15, 0.2) is 41.4 Å². The molecule has 1 heterocycles. The fourth-order valence-corrected chi connectivity index (χ4v) is 3.93. The van der Waals surface area contributed by atoms with E-state index in [2.05, 4.69) is 5.10 Å². The summed E-state index contributed by atoms with van der Waals surface area (Å²) in [6.07, 6.45) is 1.64. The highest BCUT2D eigenvalue weighted by Crippen LogP contribution is 2.29. The zero-order valence-corrected chi connectivity index (χ0v) is 14.3. The number of hydrogen-bond donors (Lipinski definition) is 0. The minimum atomic E-state index is -3.54. The van der Waals surface area contributed by atoms with Crippen LogP contribution in [0.25, 0.3) is 11.3 Å². The van der Waals surface area contributed by atoms with Crippen molar-refractivity contribution in [3.8, 4) is 11.3 Å². The smallest absolute Gasteiger partial charge is 0.246 e. The van der Waals surface area contributed by atoms with Gasteiger partial charge in [-0.1, -0.05) is 44.2 Å². The molecule has 120 valence electrons. The van der Waals surface area contributed by atoms with E-state index in [1.807, 2.05) is 58.0 Å². The van der Waals surface area contributed by atoms with Gasteiger partial charge < -0.3 is 0 Å². The van der Waals surface area contributed by atoms with Gasteiger partial charge in [-0.15, -0.1) is 0 Å². The van der Waals surface area contributed by atoms with E-state index >= 15 is 0 Å². The minimum absolute atomic E-state index is 0.100. The van der Waals surface area contributed by atoms with Crippen molar-refractivity contribution in [3.63, 3.8) is 0 Å². The quantitative estimate of drug-likeness (QED) is 0.821. The molecule has 0 spiro atoms. The fourth-order valence-electron chi connectivity index (χ4n) is 2.33. The molecule has 0 amide bonds. The summed E-state index contributed by atoms with van der Waals surface area (Å²) >= 11 is 0. The van der Waals surface area contributed by atoms with Crippen molar-refractivity contribution in [1.82, 2.24) is 14.1 Å². The Bertz CT molecular complexity index is 717. The highest BCUT2D eigenvalue weighted by atomic mass is 32.2. The molecule has 0 aliphatic carbocycles. The van der Waals surface area contributed by atoms with E-state index in [4.69, 9.17) is 0 Å². The van der Waals surface area contributed by atoms with Crippen LogP contribution in [0, 0.1) is 0 Å². The molecule has 0 radical (unpaired) electrons. The Morgan fingerprint density at radius 2 is 1.73 bits per heavy atom. The molecule has 22 heavy (non-hydrogen) atoms. The first-order valence-electron chi connectivity index (χ1n) is 7.56. The Balaban J connectivity index is 2.65. The summed E-state index contributed by atoms with van der Waals surface area (Å²) in [6.45, 7) is 8.54. The lowest BCUT2D eigenvalue weighted by Crippen LogP contribution is -2.30. The van der Waals surface area contributed by atoms with Gasteiger partial charge in [-0.3, -0.25) is 4.68 Å². The monoisotopic (exact) mass is 321 g/mol. The molecule has 0 aliphatic heterocycles. The maximum absolute atomic E-state index is 12.9. The summed E-state index contributed by atoms with van der Waals surface area (Å²) < 4.78 is 29.0. The summed E-state index contributed by atoms with van der Waals surface area (Å²) in [5.41, 5.74) is 1.33. The summed E-state index contributed by atoms with van der Waals surface area (Å²) in [4.78, 5) is 0.274. The molecule has 5 nitrogen and oxygen atoms in total. The molecule has 1 aromatic heterocycles. The average Bonchev–Trinajstić information content (AvgIpc) is 2.95. The van der Waals surface area contributed by atoms with Gasteiger partial charge in [0.25, 0.3) is 0 Å². The maximum Gasteiger partial charge on any atom is 0.246 e. The molecule has 0 N–H and O–H groups in total. The lowest BCUT2D eigenvalue weighted by molar-refractivity contribution is 0.445. The van der Waals surface area contributed by atoms with Crippen molar-refractivity contribution in [3.05, 3.63) is 36.5 Å². The van der Waals surface area contributed by atoms with Gasteiger partial charge >= 0.3 is 0 Å². The van der Waals surface area contributed by atoms with Crippen molar-refractivity contribution in [2.75, 3.05) is 13.1 Å². The van der Waals surface area contributed by atoms with Gasteiger partial charge in [-0.2, -0.15) is 9.40 Å². The van der Waals surface area contributed by atoms with Crippen molar-refractivity contribution >= 4 is 10.0 Å². The van der Waals surface area contributed by atoms with Crippen molar-refractivity contribution < 1.29 is 8.42 Å². The second-order valence-corrected chi connectivity index (χ2v) is 7.28. The lowest BCUT2D eigenvalue weighted by atomic mass is 10.2. The summed E-state index contributed by atoms with van der Waals surface area (Å²) in [5, 5.41) is 4.51. The third-order valence-corrected chi connectivity index (χ3v) is 5.65. The predicted octanol–water partition coefficient (Wildman–Crippen LogP) is 3.16. The fraction of sp³-hybridized carbons (Fsp3) is 0.438. The molecule has 1 aromatic carbocycles. The van der Waals surface area contributed by atoms with Crippen LogP contribution >= 0.6 is 0 Å². The van der Waals surface area contributed by atoms with E-state index < -0.39 is 10.0 Å². The number of aromatic nitrogens is 2. The zero-order chi connectivity index (χ0) is 16.3. The maximum atomic E-state index is 12.9. The van der Waals surface area contributed by atoms with Gasteiger partial charge in [0, 0.05) is 30.9 Å². The molecule has 0 aliphatic rings. The highest BCUT2D eigenvalue weighted by Gasteiger charge is 2.28. The summed E-state index contributed by atoms with van der Waals surface area (Å²) in [6, 6.07) is 9.54. The first-order valence-corrected chi connectivity index (χ1v) is 9.00. The standard InChI is InChI=1S/C16H23N3O2S/c1-5-18(6-2)22(20,21)15-12-19(13(3)4)17-16(15)14-10-8-7-9-11-14/h7-13H,5-6H2,1-4H3. The Kier molecular flexibility index (Phi) is 5.03. The van der Waals surface area contributed by atoms with Gasteiger partial charge in [0.05, 0.1) is 0 Å². The molecule has 2 rings (SSSR count). The predicted molar refractivity (Wildman–Crippen MR) is 88.2 cm³/mol. The third-order valence-electron chi connectivity index (χ3n) is 3.60. The van der Waals surface area contributed by atoms with E-state index in [0.717, 1.165) is 5.56 Å². The van der Waals surface area contributed by atoms with Crippen LogP contribution in [0.2, 0.25) is 0 Å². The first-order chi connectivity index (χ1) is 10.4. The normalized spacial score (nSPS) is 12.3. The molecule has 6 heteroatoms. The second kappa shape index (κ2) is 6.62. The van der Waals surface area contributed by atoms with E-state index in [1.165, 1.54) is 4.31 Å². The highest BCUT2D eigenvalue weighted by molar-refractivity contribution is 7.89. The lowest BCUT2D eigenvalue weighted by Gasteiger charge is -2.18. The number of rotatable bonds is 6. The molecular formula is C16H23N3O2S. The molecule has 0 fully saturated rings. The van der Waals surface area contributed by atoms with Gasteiger partial charge in [0.1, 0.15) is 10.6 Å². The minimum Gasteiger partial charge on any atom is -0.268 e. The first kappa shape index (κ1) is 16.7. The Morgan fingerprint density at radius 3 is 2.23 bits per heavy atom. The van der Waals surface area contributed by atoms with E-state index in [9.17, 15) is 8.42 Å². The van der Waals surface area contributed by atoms with Gasteiger partial charge in [0.15, 0.2) is 0 Å². The Morgan fingerprint density at radius 1 is 1.14 bits per heavy atom.